The number of benzene rings is 1. The van der Waals surface area contributed by atoms with E-state index in [1.165, 1.54) is 18.2 Å². The van der Waals surface area contributed by atoms with Crippen molar-refractivity contribution in [3.63, 3.8) is 0 Å². The summed E-state index contributed by atoms with van der Waals surface area (Å²) in [6.07, 6.45) is -4.10. The van der Waals surface area contributed by atoms with Crippen LogP contribution in [0.1, 0.15) is 12.0 Å². The molecule has 1 aliphatic rings. The Morgan fingerprint density at radius 1 is 1.32 bits per heavy atom. The number of hydrogen-bond acceptors (Lipinski definition) is 3. The quantitative estimate of drug-likeness (QED) is 0.841. The molecule has 0 spiro atoms. The van der Waals surface area contributed by atoms with Gasteiger partial charge in [0.2, 0.25) is 5.91 Å². The highest BCUT2D eigenvalue weighted by atomic mass is 19.4. The van der Waals surface area contributed by atoms with E-state index < -0.39 is 30.6 Å². The fraction of sp³-hybridized carbons (Fsp3) is 0.429. The van der Waals surface area contributed by atoms with Gasteiger partial charge in [0.05, 0.1) is 11.8 Å². The van der Waals surface area contributed by atoms with E-state index in [0.29, 0.717) is 12.0 Å². The van der Waals surface area contributed by atoms with Crippen LogP contribution in [0.15, 0.2) is 24.3 Å². The Morgan fingerprint density at radius 2 is 2.05 bits per heavy atom. The first kappa shape index (κ1) is 16.1. The average Bonchev–Trinajstić information content (AvgIpc) is 3.23. The molecule has 0 aliphatic heterocycles. The third-order valence-electron chi connectivity index (χ3n) is 3.21. The largest absolute Gasteiger partial charge is 0.484 e. The molecule has 0 aromatic heterocycles. The number of hydrogen-bond donors (Lipinski definition) is 2. The minimum absolute atomic E-state index is 0.0545. The van der Waals surface area contributed by atoms with E-state index in [9.17, 15) is 22.8 Å². The van der Waals surface area contributed by atoms with Gasteiger partial charge in [-0.25, -0.2) is 0 Å². The molecule has 1 aliphatic carbocycles. The topological polar surface area (TPSA) is 75.6 Å². The maximum atomic E-state index is 12.1. The monoisotopic (exact) mass is 317 g/mol. The van der Waals surface area contributed by atoms with Crippen LogP contribution in [0.2, 0.25) is 0 Å². The summed E-state index contributed by atoms with van der Waals surface area (Å²) in [5.41, 5.74) is 0.570. The van der Waals surface area contributed by atoms with Crippen LogP contribution in [0.3, 0.4) is 0 Å². The van der Waals surface area contributed by atoms with Crippen molar-refractivity contribution in [1.29, 1.82) is 0 Å². The van der Waals surface area contributed by atoms with Crippen molar-refractivity contribution in [1.82, 2.24) is 5.32 Å². The molecule has 2 rings (SSSR count). The second-order valence-electron chi connectivity index (χ2n) is 5.06. The highest BCUT2D eigenvalue weighted by Crippen LogP contribution is 2.38. The number of halogens is 3. The van der Waals surface area contributed by atoms with E-state index in [2.05, 4.69) is 10.1 Å². The van der Waals surface area contributed by atoms with Crippen molar-refractivity contribution in [3.8, 4) is 5.75 Å². The molecule has 2 N–H and O–H groups in total. The standard InChI is InChI=1S/C14H14F3NO4/c15-14(16,17)7-22-9-3-1-2-8(4-9)6-18-12(19)10-5-11(10)13(20)21/h1-4,10-11H,5-7H2,(H,18,19)(H,20,21)/t10-,11-/m0/s1. The summed E-state index contributed by atoms with van der Waals surface area (Å²) >= 11 is 0. The molecule has 0 saturated heterocycles. The van der Waals surface area contributed by atoms with Crippen LogP contribution in [-0.2, 0) is 16.1 Å². The van der Waals surface area contributed by atoms with E-state index >= 15 is 0 Å². The number of carboxylic acid groups (broad SMARTS) is 1. The van der Waals surface area contributed by atoms with Gasteiger partial charge in [-0.15, -0.1) is 0 Å². The third-order valence-corrected chi connectivity index (χ3v) is 3.21. The molecule has 1 fully saturated rings. The van der Waals surface area contributed by atoms with Gasteiger partial charge in [-0.05, 0) is 24.1 Å². The summed E-state index contributed by atoms with van der Waals surface area (Å²) in [7, 11) is 0. The fourth-order valence-electron chi connectivity index (χ4n) is 1.99. The Bertz CT molecular complexity index is 573. The third kappa shape index (κ3) is 4.64. The number of nitrogens with one attached hydrogen (secondary N) is 1. The zero-order chi connectivity index (χ0) is 16.3. The maximum Gasteiger partial charge on any atom is 0.422 e. The minimum Gasteiger partial charge on any atom is -0.484 e. The number of aliphatic carboxylic acids is 1. The fourth-order valence-corrected chi connectivity index (χ4v) is 1.99. The van der Waals surface area contributed by atoms with Gasteiger partial charge in [0.1, 0.15) is 5.75 Å². The summed E-state index contributed by atoms with van der Waals surface area (Å²) in [4.78, 5) is 22.3. The molecular formula is C14H14F3NO4. The Kier molecular flexibility index (Phi) is 4.58. The van der Waals surface area contributed by atoms with Crippen LogP contribution in [-0.4, -0.2) is 29.8 Å². The van der Waals surface area contributed by atoms with Crippen molar-refractivity contribution >= 4 is 11.9 Å². The van der Waals surface area contributed by atoms with E-state index in [1.54, 1.807) is 6.07 Å². The van der Waals surface area contributed by atoms with Gasteiger partial charge >= 0.3 is 12.1 Å². The Hall–Kier alpha value is -2.25. The Balaban J connectivity index is 1.83. The molecule has 0 unspecified atom stereocenters. The van der Waals surface area contributed by atoms with E-state index in [1.807, 2.05) is 0 Å². The smallest absolute Gasteiger partial charge is 0.422 e. The number of carboxylic acids is 1. The number of ether oxygens (including phenoxy) is 1. The number of alkyl halides is 3. The summed E-state index contributed by atoms with van der Waals surface area (Å²) in [6.45, 7) is -1.28. The Labute approximate surface area is 124 Å². The minimum atomic E-state index is -4.41. The molecule has 120 valence electrons. The first-order valence-electron chi connectivity index (χ1n) is 6.55. The lowest BCUT2D eigenvalue weighted by Gasteiger charge is -2.10. The number of rotatable bonds is 6. The van der Waals surface area contributed by atoms with Crippen LogP contribution >= 0.6 is 0 Å². The summed E-state index contributed by atoms with van der Waals surface area (Å²) < 4.78 is 40.8. The van der Waals surface area contributed by atoms with Gasteiger partial charge in [0, 0.05) is 6.54 Å². The molecule has 1 saturated carbocycles. The molecule has 1 aromatic rings. The summed E-state index contributed by atoms with van der Waals surface area (Å²) in [6, 6.07) is 5.93. The molecule has 22 heavy (non-hydrogen) atoms. The number of carbonyl (C=O) groups is 2. The second-order valence-corrected chi connectivity index (χ2v) is 5.06. The summed E-state index contributed by atoms with van der Waals surface area (Å²) in [5, 5.41) is 11.3. The van der Waals surface area contributed by atoms with Crippen molar-refractivity contribution in [2.24, 2.45) is 11.8 Å². The molecule has 0 heterocycles. The first-order chi connectivity index (χ1) is 10.3. The molecule has 0 bridgehead atoms. The molecule has 8 heteroatoms. The van der Waals surface area contributed by atoms with Crippen LogP contribution in [0.25, 0.3) is 0 Å². The number of amides is 1. The lowest BCUT2D eigenvalue weighted by Crippen LogP contribution is -2.26. The average molecular weight is 317 g/mol. The molecule has 1 amide bonds. The highest BCUT2D eigenvalue weighted by Gasteiger charge is 2.48. The van der Waals surface area contributed by atoms with Gasteiger partial charge in [0.25, 0.3) is 0 Å². The van der Waals surface area contributed by atoms with Crippen LogP contribution < -0.4 is 10.1 Å². The van der Waals surface area contributed by atoms with Crippen molar-refractivity contribution < 1.29 is 32.6 Å². The van der Waals surface area contributed by atoms with Gasteiger partial charge in [-0.3, -0.25) is 9.59 Å². The molecular weight excluding hydrogens is 303 g/mol. The van der Waals surface area contributed by atoms with Crippen molar-refractivity contribution in [2.75, 3.05) is 6.61 Å². The van der Waals surface area contributed by atoms with Gasteiger partial charge in [-0.1, -0.05) is 12.1 Å². The zero-order valence-corrected chi connectivity index (χ0v) is 11.4. The predicted octanol–water partition coefficient (Wildman–Crippen LogP) is 1.96. The number of carbonyl (C=O) groups excluding carboxylic acids is 1. The van der Waals surface area contributed by atoms with Crippen molar-refractivity contribution in [2.45, 2.75) is 19.1 Å². The van der Waals surface area contributed by atoms with E-state index in [-0.39, 0.29) is 18.2 Å². The molecule has 0 radical (unpaired) electrons. The molecule has 2 atom stereocenters. The highest BCUT2D eigenvalue weighted by molar-refractivity contribution is 5.89. The van der Waals surface area contributed by atoms with Crippen LogP contribution in [0, 0.1) is 11.8 Å². The van der Waals surface area contributed by atoms with Crippen LogP contribution in [0.4, 0.5) is 13.2 Å². The Morgan fingerprint density at radius 3 is 2.64 bits per heavy atom. The second kappa shape index (κ2) is 6.25. The van der Waals surface area contributed by atoms with Crippen LogP contribution in [0.5, 0.6) is 5.75 Å². The molecule has 5 nitrogen and oxygen atoms in total. The van der Waals surface area contributed by atoms with Crippen molar-refractivity contribution in [3.05, 3.63) is 29.8 Å². The first-order valence-corrected chi connectivity index (χ1v) is 6.55. The summed E-state index contributed by atoms with van der Waals surface area (Å²) in [5.74, 6) is -2.47. The van der Waals surface area contributed by atoms with Gasteiger partial charge < -0.3 is 15.2 Å². The lowest BCUT2D eigenvalue weighted by molar-refractivity contribution is -0.153. The molecule has 1 aromatic carbocycles. The maximum absolute atomic E-state index is 12.1. The van der Waals surface area contributed by atoms with E-state index in [4.69, 9.17) is 5.11 Å². The predicted molar refractivity (Wildman–Crippen MR) is 69.1 cm³/mol. The van der Waals surface area contributed by atoms with E-state index in [0.717, 1.165) is 0 Å². The SMILES string of the molecule is O=C(O)[C@H]1C[C@@H]1C(=O)NCc1cccc(OCC(F)(F)F)c1. The normalized spacial score (nSPS) is 20.3. The zero-order valence-electron chi connectivity index (χ0n) is 11.4. The van der Waals surface area contributed by atoms with Gasteiger partial charge in [0.15, 0.2) is 6.61 Å². The van der Waals surface area contributed by atoms with Gasteiger partial charge in [-0.2, -0.15) is 13.2 Å². The lowest BCUT2D eigenvalue weighted by atomic mass is 10.2.